The van der Waals surface area contributed by atoms with Gasteiger partial charge in [-0.05, 0) is 23.8 Å². The zero-order valence-corrected chi connectivity index (χ0v) is 11.1. The van der Waals surface area contributed by atoms with Crippen molar-refractivity contribution in [3.05, 3.63) is 69.7 Å². The lowest BCUT2D eigenvalue weighted by Gasteiger charge is -2.16. The molecule has 0 heterocycles. The molecule has 2 aromatic carbocycles. The molecule has 0 radical (unpaired) electrons. The van der Waals surface area contributed by atoms with Gasteiger partial charge in [0.15, 0.2) is 0 Å². The van der Waals surface area contributed by atoms with Crippen LogP contribution in [-0.4, -0.2) is 0 Å². The molecule has 1 atom stereocenters. The zero-order valence-electron chi connectivity index (χ0n) is 10.4. The van der Waals surface area contributed by atoms with Crippen LogP contribution in [0.25, 0.3) is 0 Å². The summed E-state index contributed by atoms with van der Waals surface area (Å²) in [5, 5.41) is -0.171. The number of hydrogen-bond donors (Lipinski definition) is 1. The van der Waals surface area contributed by atoms with Crippen molar-refractivity contribution < 1.29 is 22.0 Å². The van der Waals surface area contributed by atoms with Crippen molar-refractivity contribution in [1.29, 1.82) is 0 Å². The molecule has 2 N–H and O–H groups in total. The molecule has 0 spiro atoms. The summed E-state index contributed by atoms with van der Waals surface area (Å²) in [6.45, 7) is 0. The second-order valence-corrected chi connectivity index (χ2v) is 4.76. The summed E-state index contributed by atoms with van der Waals surface area (Å²) in [6.07, 6.45) is -4.80. The first-order valence-electron chi connectivity index (χ1n) is 5.78. The SMILES string of the molecule is NC(c1ccc(C(F)(F)F)c(F)c1)c1cccc(Cl)c1F. The Morgan fingerprint density at radius 1 is 1.05 bits per heavy atom. The molecule has 0 fully saturated rings. The maximum absolute atomic E-state index is 13.8. The van der Waals surface area contributed by atoms with Crippen molar-refractivity contribution in [1.82, 2.24) is 0 Å². The van der Waals surface area contributed by atoms with Crippen molar-refractivity contribution in [2.75, 3.05) is 0 Å². The lowest BCUT2D eigenvalue weighted by atomic mass is 9.97. The van der Waals surface area contributed by atoms with E-state index < -0.39 is 29.4 Å². The third-order valence-corrected chi connectivity index (χ3v) is 3.27. The predicted octanol–water partition coefficient (Wildman–Crippen LogP) is 4.69. The van der Waals surface area contributed by atoms with Gasteiger partial charge in [-0.3, -0.25) is 0 Å². The van der Waals surface area contributed by atoms with E-state index in [2.05, 4.69) is 0 Å². The Morgan fingerprint density at radius 2 is 1.71 bits per heavy atom. The Balaban J connectivity index is 2.43. The first-order valence-corrected chi connectivity index (χ1v) is 6.15. The third kappa shape index (κ3) is 3.16. The molecule has 7 heteroatoms. The van der Waals surface area contributed by atoms with E-state index in [0.717, 1.165) is 6.07 Å². The number of nitrogens with two attached hydrogens (primary N) is 1. The van der Waals surface area contributed by atoms with Crippen LogP contribution >= 0.6 is 11.6 Å². The average Bonchev–Trinajstić information content (AvgIpc) is 2.39. The number of benzene rings is 2. The van der Waals surface area contributed by atoms with Crippen LogP contribution in [0.4, 0.5) is 22.0 Å². The Labute approximate surface area is 122 Å². The standard InChI is InChI=1S/C14H9ClF5N/c15-10-3-1-2-8(12(10)17)13(21)7-4-5-9(11(16)6-7)14(18,19)20/h1-6,13H,21H2. The van der Waals surface area contributed by atoms with E-state index in [-0.39, 0.29) is 16.1 Å². The Hall–Kier alpha value is -1.66. The minimum Gasteiger partial charge on any atom is -0.320 e. The highest BCUT2D eigenvalue weighted by molar-refractivity contribution is 6.30. The fourth-order valence-electron chi connectivity index (χ4n) is 1.89. The summed E-state index contributed by atoms with van der Waals surface area (Å²) < 4.78 is 64.7. The van der Waals surface area contributed by atoms with Crippen LogP contribution in [0.15, 0.2) is 36.4 Å². The monoisotopic (exact) mass is 321 g/mol. The van der Waals surface area contributed by atoms with Gasteiger partial charge in [0.2, 0.25) is 0 Å². The molecule has 0 aliphatic heterocycles. The van der Waals surface area contributed by atoms with Gasteiger partial charge in [0.05, 0.1) is 16.6 Å². The number of hydrogen-bond acceptors (Lipinski definition) is 1. The van der Waals surface area contributed by atoms with Gasteiger partial charge >= 0.3 is 6.18 Å². The number of alkyl halides is 3. The first-order chi connectivity index (χ1) is 9.71. The molecular formula is C14H9ClF5N. The number of halogens is 6. The molecule has 1 unspecified atom stereocenters. The summed E-state index contributed by atoms with van der Waals surface area (Å²) in [5.41, 5.74) is 4.36. The van der Waals surface area contributed by atoms with Gasteiger partial charge in [-0.2, -0.15) is 13.2 Å². The van der Waals surface area contributed by atoms with Gasteiger partial charge in [-0.1, -0.05) is 29.8 Å². The molecule has 0 bridgehead atoms. The van der Waals surface area contributed by atoms with Crippen molar-refractivity contribution in [3.8, 4) is 0 Å². The highest BCUT2D eigenvalue weighted by atomic mass is 35.5. The maximum Gasteiger partial charge on any atom is 0.419 e. The van der Waals surface area contributed by atoms with Gasteiger partial charge in [0, 0.05) is 5.56 Å². The van der Waals surface area contributed by atoms with Crippen LogP contribution in [0.1, 0.15) is 22.7 Å². The minimum absolute atomic E-state index is 0.0154. The lowest BCUT2D eigenvalue weighted by Crippen LogP contribution is -2.15. The molecule has 0 saturated carbocycles. The largest absolute Gasteiger partial charge is 0.419 e. The zero-order chi connectivity index (χ0) is 15.8. The molecule has 2 aromatic rings. The van der Waals surface area contributed by atoms with Crippen LogP contribution in [0.5, 0.6) is 0 Å². The number of rotatable bonds is 2. The second kappa shape index (κ2) is 5.61. The maximum atomic E-state index is 13.8. The molecule has 0 aliphatic carbocycles. The van der Waals surface area contributed by atoms with Crippen molar-refractivity contribution in [3.63, 3.8) is 0 Å². The predicted molar refractivity (Wildman–Crippen MR) is 68.8 cm³/mol. The summed E-state index contributed by atoms with van der Waals surface area (Å²) in [4.78, 5) is 0. The summed E-state index contributed by atoms with van der Waals surface area (Å²) in [7, 11) is 0. The first kappa shape index (κ1) is 15.7. The van der Waals surface area contributed by atoms with E-state index in [0.29, 0.717) is 12.1 Å². The van der Waals surface area contributed by atoms with Gasteiger partial charge < -0.3 is 5.73 Å². The van der Waals surface area contributed by atoms with Gasteiger partial charge in [-0.25, -0.2) is 8.78 Å². The van der Waals surface area contributed by atoms with Crippen molar-refractivity contribution >= 4 is 11.6 Å². The topological polar surface area (TPSA) is 26.0 Å². The molecular weight excluding hydrogens is 313 g/mol. The normalized spacial score (nSPS) is 13.3. The van der Waals surface area contributed by atoms with E-state index in [4.69, 9.17) is 17.3 Å². The van der Waals surface area contributed by atoms with Crippen LogP contribution in [0.2, 0.25) is 5.02 Å². The lowest BCUT2D eigenvalue weighted by molar-refractivity contribution is -0.140. The Morgan fingerprint density at radius 3 is 2.29 bits per heavy atom. The molecule has 0 amide bonds. The Bertz CT molecular complexity index is 669. The summed E-state index contributed by atoms with van der Waals surface area (Å²) >= 11 is 5.61. The van der Waals surface area contributed by atoms with E-state index in [1.54, 1.807) is 0 Å². The van der Waals surface area contributed by atoms with Gasteiger partial charge in [0.1, 0.15) is 11.6 Å². The van der Waals surface area contributed by atoms with E-state index in [9.17, 15) is 22.0 Å². The van der Waals surface area contributed by atoms with E-state index >= 15 is 0 Å². The van der Waals surface area contributed by atoms with Crippen LogP contribution in [0, 0.1) is 11.6 Å². The Kier molecular flexibility index (Phi) is 4.20. The van der Waals surface area contributed by atoms with Crippen molar-refractivity contribution in [2.45, 2.75) is 12.2 Å². The van der Waals surface area contributed by atoms with Gasteiger partial charge in [-0.15, -0.1) is 0 Å². The summed E-state index contributed by atoms with van der Waals surface area (Å²) in [5.74, 6) is -2.25. The smallest absolute Gasteiger partial charge is 0.320 e. The molecule has 0 aliphatic rings. The van der Waals surface area contributed by atoms with Gasteiger partial charge in [0.25, 0.3) is 0 Å². The molecule has 2 rings (SSSR count). The van der Waals surface area contributed by atoms with Crippen LogP contribution in [0.3, 0.4) is 0 Å². The molecule has 0 saturated heterocycles. The van der Waals surface area contributed by atoms with Crippen LogP contribution < -0.4 is 5.73 Å². The van der Waals surface area contributed by atoms with Crippen molar-refractivity contribution in [2.24, 2.45) is 5.73 Å². The molecule has 1 nitrogen and oxygen atoms in total. The van der Waals surface area contributed by atoms with E-state index in [1.807, 2.05) is 0 Å². The molecule has 112 valence electrons. The van der Waals surface area contributed by atoms with E-state index in [1.165, 1.54) is 18.2 Å². The summed E-state index contributed by atoms with van der Waals surface area (Å²) in [6, 6.07) is 5.20. The fraction of sp³-hybridized carbons (Fsp3) is 0.143. The highest BCUT2D eigenvalue weighted by Crippen LogP contribution is 2.33. The second-order valence-electron chi connectivity index (χ2n) is 4.36. The minimum atomic E-state index is -4.80. The fourth-order valence-corrected chi connectivity index (χ4v) is 2.08. The van der Waals surface area contributed by atoms with Crippen LogP contribution in [-0.2, 0) is 6.18 Å². The highest BCUT2D eigenvalue weighted by Gasteiger charge is 2.34. The molecule has 21 heavy (non-hydrogen) atoms. The third-order valence-electron chi connectivity index (χ3n) is 2.97. The average molecular weight is 322 g/mol. The molecule has 0 aromatic heterocycles. The quantitative estimate of drug-likeness (QED) is 0.798.